The molecule has 4 amide bonds. The maximum atomic E-state index is 13.2. The molecule has 0 spiro atoms. The van der Waals surface area contributed by atoms with Crippen LogP contribution < -0.4 is 16.0 Å². The summed E-state index contributed by atoms with van der Waals surface area (Å²) in [5.41, 5.74) is -2.36. The smallest absolute Gasteiger partial charge is 0.407 e. The molecule has 2 saturated carbocycles. The van der Waals surface area contributed by atoms with Crippen LogP contribution in [0.3, 0.4) is 0 Å². The quantitative estimate of drug-likeness (QED) is 0.189. The number of rotatable bonds is 13. The lowest BCUT2D eigenvalue weighted by atomic mass is 9.88. The van der Waals surface area contributed by atoms with E-state index in [1.807, 2.05) is 18.7 Å². The number of alkyl carbamates (subject to hydrolysis) is 1. The van der Waals surface area contributed by atoms with Gasteiger partial charge in [-0.2, -0.15) is 8.42 Å². The Labute approximate surface area is 241 Å². The number of ether oxygens (including phenoxy) is 1. The highest BCUT2D eigenvalue weighted by Crippen LogP contribution is 2.48. The molecule has 232 valence electrons. The summed E-state index contributed by atoms with van der Waals surface area (Å²) in [4.78, 5) is 52.7. The number of aliphatic hydroxyl groups excluding tert-OH is 1. The highest BCUT2D eigenvalue weighted by atomic mass is 32.2. The third-order valence-electron chi connectivity index (χ3n) is 9.16. The van der Waals surface area contributed by atoms with Crippen LogP contribution in [-0.2, 0) is 29.2 Å². The summed E-state index contributed by atoms with van der Waals surface area (Å²) in [6.07, 6.45) is 5.03. The zero-order valence-electron chi connectivity index (χ0n) is 23.8. The van der Waals surface area contributed by atoms with Gasteiger partial charge in [-0.05, 0) is 68.6 Å². The van der Waals surface area contributed by atoms with Crippen molar-refractivity contribution < 1.29 is 42.0 Å². The Balaban J connectivity index is 1.30. The third-order valence-corrected chi connectivity index (χ3v) is 10.1. The Morgan fingerprint density at radius 1 is 1.10 bits per heavy atom. The highest BCUT2D eigenvalue weighted by molar-refractivity contribution is 7.86. The molecule has 2 bridgehead atoms. The van der Waals surface area contributed by atoms with Crippen molar-refractivity contribution in [3.63, 3.8) is 0 Å². The first kappa shape index (κ1) is 31.5. The fraction of sp³-hybridized carbons (Fsp3) is 0.852. The Morgan fingerprint density at radius 3 is 2.44 bits per heavy atom. The van der Waals surface area contributed by atoms with E-state index < -0.39 is 51.5 Å². The van der Waals surface area contributed by atoms with Gasteiger partial charge in [-0.3, -0.25) is 18.9 Å². The molecule has 2 aliphatic heterocycles. The number of amides is 4. The number of aliphatic hydroxyl groups is 1. The molecule has 8 atom stereocenters. The summed E-state index contributed by atoms with van der Waals surface area (Å²) >= 11 is 0. The molecule has 14 heteroatoms. The SMILES string of the molecule is CC(C)C[C@H](NC(=O)OCC1CCN(C[C@H]2C[C@H]3CC[C@@H]2C3)C1=O)C(=O)N[C@@H](C[C@@H]1CCNC1=O)C(O)S(=O)(=O)O. The molecule has 0 radical (unpaired) electrons. The van der Waals surface area contributed by atoms with Crippen LogP contribution in [0.5, 0.6) is 0 Å². The lowest BCUT2D eigenvalue weighted by molar-refractivity contribution is -0.132. The molecule has 4 aliphatic rings. The molecule has 0 aromatic rings. The maximum Gasteiger partial charge on any atom is 0.407 e. The summed E-state index contributed by atoms with van der Waals surface area (Å²) in [5.74, 6) is -0.251. The van der Waals surface area contributed by atoms with Crippen molar-refractivity contribution in [1.82, 2.24) is 20.9 Å². The van der Waals surface area contributed by atoms with Crippen LogP contribution in [0.4, 0.5) is 4.79 Å². The molecule has 2 heterocycles. The lowest BCUT2D eigenvalue weighted by Gasteiger charge is -2.27. The van der Waals surface area contributed by atoms with Crippen molar-refractivity contribution in [2.24, 2.45) is 35.5 Å². The summed E-state index contributed by atoms with van der Waals surface area (Å²) in [6, 6.07) is -2.64. The van der Waals surface area contributed by atoms with Gasteiger partial charge in [-0.15, -0.1) is 0 Å². The number of nitrogens with one attached hydrogen (secondary N) is 3. The van der Waals surface area contributed by atoms with Crippen molar-refractivity contribution in [3.8, 4) is 0 Å². The second kappa shape index (κ2) is 13.2. The zero-order valence-corrected chi connectivity index (χ0v) is 24.6. The molecule has 2 aliphatic carbocycles. The number of likely N-dealkylation sites (tertiary alicyclic amines) is 1. The van der Waals surface area contributed by atoms with Gasteiger partial charge in [0.05, 0.1) is 12.0 Å². The van der Waals surface area contributed by atoms with Crippen molar-refractivity contribution in [2.75, 3.05) is 26.2 Å². The van der Waals surface area contributed by atoms with Crippen LogP contribution in [-0.4, -0.2) is 90.6 Å². The largest absolute Gasteiger partial charge is 0.449 e. The van der Waals surface area contributed by atoms with E-state index in [1.165, 1.54) is 25.7 Å². The van der Waals surface area contributed by atoms with Gasteiger partial charge < -0.3 is 30.7 Å². The topological polar surface area (TPSA) is 191 Å². The average Bonchev–Trinajstić information content (AvgIpc) is 3.68. The first-order valence-electron chi connectivity index (χ1n) is 14.8. The molecular weight excluding hydrogens is 556 g/mol. The van der Waals surface area contributed by atoms with E-state index in [1.54, 1.807) is 0 Å². The van der Waals surface area contributed by atoms with E-state index in [2.05, 4.69) is 16.0 Å². The molecular formula is C27H44N4O9S. The van der Waals surface area contributed by atoms with Gasteiger partial charge in [0.1, 0.15) is 12.6 Å². The van der Waals surface area contributed by atoms with Gasteiger partial charge >= 0.3 is 6.09 Å². The van der Waals surface area contributed by atoms with Gasteiger partial charge in [0, 0.05) is 25.6 Å². The number of hydrogen-bond donors (Lipinski definition) is 5. The van der Waals surface area contributed by atoms with Crippen LogP contribution >= 0.6 is 0 Å². The van der Waals surface area contributed by atoms with E-state index >= 15 is 0 Å². The van der Waals surface area contributed by atoms with Gasteiger partial charge in [0.25, 0.3) is 10.1 Å². The van der Waals surface area contributed by atoms with Crippen molar-refractivity contribution in [3.05, 3.63) is 0 Å². The number of carbonyl (C=O) groups is 4. The van der Waals surface area contributed by atoms with E-state index in [4.69, 9.17) is 4.74 Å². The lowest BCUT2D eigenvalue weighted by Crippen LogP contribution is -2.55. The van der Waals surface area contributed by atoms with Crippen LogP contribution in [0.15, 0.2) is 0 Å². The second-order valence-corrected chi connectivity index (χ2v) is 14.2. The number of nitrogens with zero attached hydrogens (tertiary/aromatic N) is 1. The number of fused-ring (bicyclic) bond motifs is 2. The fourth-order valence-electron chi connectivity index (χ4n) is 7.00. The summed E-state index contributed by atoms with van der Waals surface area (Å²) in [5, 5.41) is 17.7. The Kier molecular flexibility index (Phi) is 10.2. The van der Waals surface area contributed by atoms with Crippen LogP contribution in [0.2, 0.25) is 0 Å². The molecule has 5 N–H and O–H groups in total. The molecule has 2 unspecified atom stereocenters. The summed E-state index contributed by atoms with van der Waals surface area (Å²) in [6.45, 7) is 5.30. The van der Waals surface area contributed by atoms with E-state index in [0.29, 0.717) is 37.8 Å². The Hall–Kier alpha value is -2.45. The van der Waals surface area contributed by atoms with Gasteiger partial charge in [0.2, 0.25) is 23.2 Å². The van der Waals surface area contributed by atoms with E-state index in [0.717, 1.165) is 12.5 Å². The Bertz CT molecular complexity index is 1100. The highest BCUT2D eigenvalue weighted by Gasteiger charge is 2.43. The average molecular weight is 601 g/mol. The van der Waals surface area contributed by atoms with Gasteiger partial charge in [0.15, 0.2) is 0 Å². The molecule has 0 aromatic carbocycles. The predicted molar refractivity (Wildman–Crippen MR) is 147 cm³/mol. The molecule has 0 aromatic heterocycles. The van der Waals surface area contributed by atoms with Crippen molar-refractivity contribution in [2.45, 2.75) is 82.7 Å². The van der Waals surface area contributed by atoms with E-state index in [-0.39, 0.29) is 37.2 Å². The summed E-state index contributed by atoms with van der Waals surface area (Å²) < 4.78 is 38.1. The second-order valence-electron chi connectivity index (χ2n) is 12.7. The maximum absolute atomic E-state index is 13.2. The summed E-state index contributed by atoms with van der Waals surface area (Å²) in [7, 11) is -4.96. The molecule has 41 heavy (non-hydrogen) atoms. The molecule has 4 rings (SSSR count). The molecule has 2 saturated heterocycles. The van der Waals surface area contributed by atoms with Crippen molar-refractivity contribution >= 4 is 33.9 Å². The normalized spacial score (nSPS) is 29.9. The van der Waals surface area contributed by atoms with E-state index in [9.17, 15) is 37.3 Å². The fourth-order valence-corrected chi connectivity index (χ4v) is 7.59. The first-order valence-corrected chi connectivity index (χ1v) is 16.3. The van der Waals surface area contributed by atoms with Gasteiger partial charge in [-0.25, -0.2) is 4.79 Å². The number of hydrogen-bond acceptors (Lipinski definition) is 8. The van der Waals surface area contributed by atoms with Gasteiger partial charge in [-0.1, -0.05) is 20.3 Å². The zero-order chi connectivity index (χ0) is 29.9. The first-order chi connectivity index (χ1) is 19.3. The number of carbonyl (C=O) groups excluding carboxylic acids is 4. The minimum Gasteiger partial charge on any atom is -0.449 e. The third kappa shape index (κ3) is 8.10. The van der Waals surface area contributed by atoms with Crippen LogP contribution in [0, 0.1) is 35.5 Å². The molecule has 13 nitrogen and oxygen atoms in total. The Morgan fingerprint density at radius 2 is 1.85 bits per heavy atom. The standard InChI is InChI=1S/C27H44N4O9S/c1-15(2)9-21(24(33)29-22(26(35)41(37,38)39)12-18-5-7-28-23(18)32)30-27(36)40-14-19-6-8-31(25(19)34)13-20-11-16-3-4-17(20)10-16/h15-22,26,35H,3-14H2,1-2H3,(H,28,32)(H,29,33)(H,30,36)(H,37,38,39)/t16-,17+,18-,19?,20+,21-,22-,26?/m0/s1. The minimum atomic E-state index is -4.96. The van der Waals surface area contributed by atoms with Crippen molar-refractivity contribution in [1.29, 1.82) is 0 Å². The monoisotopic (exact) mass is 600 g/mol. The predicted octanol–water partition coefficient (Wildman–Crippen LogP) is 0.629. The van der Waals surface area contributed by atoms with Crippen LogP contribution in [0.25, 0.3) is 0 Å². The minimum absolute atomic E-state index is 0.0185. The molecule has 4 fully saturated rings. The van der Waals surface area contributed by atoms with Crippen LogP contribution in [0.1, 0.15) is 65.2 Å².